The summed E-state index contributed by atoms with van der Waals surface area (Å²) in [6.07, 6.45) is 1.83. The molecule has 88 valence electrons. The van der Waals surface area contributed by atoms with Gasteiger partial charge in [-0.25, -0.2) is 4.39 Å². The van der Waals surface area contributed by atoms with Crippen LogP contribution in [-0.2, 0) is 18.4 Å². The fourth-order valence-corrected chi connectivity index (χ4v) is 1.75. The number of carbonyl (C=O) groups excluding carboxylic acids is 1. The molecule has 0 atom stereocenters. The van der Waals surface area contributed by atoms with E-state index < -0.39 is 25.4 Å². The number of unbranched alkanes of at least 4 members (excludes halogenated alkanes) is 1. The molecule has 0 aliphatic carbocycles. The second-order valence-electron chi connectivity index (χ2n) is 2.90. The van der Waals surface area contributed by atoms with Crippen molar-refractivity contribution in [1.82, 2.24) is 0 Å². The smallest absolute Gasteiger partial charge is 0.312 e. The first-order valence-electron chi connectivity index (χ1n) is 4.58. The Hall–Kier alpha value is -0.510. The van der Waals surface area contributed by atoms with Crippen LogP contribution in [0.1, 0.15) is 19.8 Å². The molecule has 0 amide bonds. The molecule has 6 heteroatoms. The van der Waals surface area contributed by atoms with Gasteiger partial charge in [0.25, 0.3) is 0 Å². The van der Waals surface area contributed by atoms with Crippen LogP contribution in [0.5, 0.6) is 0 Å². The number of hydrogen-bond acceptors (Lipinski definition) is 4. The number of allylic oxidation sites excluding steroid dienone is 2. The van der Waals surface area contributed by atoms with Gasteiger partial charge >= 0.3 is 7.60 Å². The van der Waals surface area contributed by atoms with E-state index in [2.05, 4.69) is 9.05 Å². The van der Waals surface area contributed by atoms with Crippen LogP contribution in [0.2, 0.25) is 0 Å². The lowest BCUT2D eigenvalue weighted by Gasteiger charge is -2.11. The highest BCUT2D eigenvalue weighted by molar-refractivity contribution is 7.54. The van der Waals surface area contributed by atoms with E-state index in [4.69, 9.17) is 0 Å². The molecule has 0 bridgehead atoms. The largest absolute Gasteiger partial charge is 0.337 e. The van der Waals surface area contributed by atoms with Crippen molar-refractivity contribution in [2.45, 2.75) is 19.8 Å². The average molecular weight is 238 g/mol. The second-order valence-corrected chi connectivity index (χ2v) is 5.17. The van der Waals surface area contributed by atoms with Gasteiger partial charge in [0.2, 0.25) is 5.78 Å². The molecule has 0 aromatic rings. The van der Waals surface area contributed by atoms with Crippen LogP contribution in [0.3, 0.4) is 0 Å². The van der Waals surface area contributed by atoms with Crippen LogP contribution < -0.4 is 0 Å². The standard InChI is InChI=1S/C9H16FO4P/c1-4-5-6-8(10)9(11)7-15(12,13-2)14-3/h6H,4-5,7H2,1-3H3/b8-6-. The van der Waals surface area contributed by atoms with Crippen molar-refractivity contribution >= 4 is 13.4 Å². The molecule has 0 N–H and O–H groups in total. The molecule has 0 radical (unpaired) electrons. The quantitative estimate of drug-likeness (QED) is 0.505. The summed E-state index contributed by atoms with van der Waals surface area (Å²) in [6.45, 7) is 1.86. The molecular weight excluding hydrogens is 222 g/mol. The van der Waals surface area contributed by atoms with Crippen LogP contribution in [0.4, 0.5) is 4.39 Å². The van der Waals surface area contributed by atoms with E-state index in [1.165, 1.54) is 6.08 Å². The molecule has 0 fully saturated rings. The van der Waals surface area contributed by atoms with Gasteiger partial charge in [0.1, 0.15) is 6.16 Å². The summed E-state index contributed by atoms with van der Waals surface area (Å²) in [5.41, 5.74) is 0. The highest BCUT2D eigenvalue weighted by atomic mass is 31.2. The highest BCUT2D eigenvalue weighted by Crippen LogP contribution is 2.46. The molecule has 0 spiro atoms. The SMILES string of the molecule is CCC/C=C(\F)C(=O)CP(=O)(OC)OC. The summed E-state index contributed by atoms with van der Waals surface area (Å²) < 4.78 is 33.6. The van der Waals surface area contributed by atoms with E-state index in [1.807, 2.05) is 6.92 Å². The van der Waals surface area contributed by atoms with Gasteiger partial charge in [-0.1, -0.05) is 13.3 Å². The van der Waals surface area contributed by atoms with Gasteiger partial charge < -0.3 is 9.05 Å². The lowest BCUT2D eigenvalue weighted by molar-refractivity contribution is -0.114. The van der Waals surface area contributed by atoms with Gasteiger partial charge in [-0.3, -0.25) is 9.36 Å². The van der Waals surface area contributed by atoms with Gasteiger partial charge in [0, 0.05) is 14.2 Å². The average Bonchev–Trinajstić information content (AvgIpc) is 2.25. The Kier molecular flexibility index (Phi) is 6.65. The minimum absolute atomic E-state index is 0.474. The zero-order valence-corrected chi connectivity index (χ0v) is 10.1. The summed E-state index contributed by atoms with van der Waals surface area (Å²) in [5, 5.41) is 0. The fourth-order valence-electron chi connectivity index (χ4n) is 0.840. The zero-order valence-electron chi connectivity index (χ0n) is 9.16. The van der Waals surface area contributed by atoms with Gasteiger partial charge in [-0.05, 0) is 12.5 Å². The summed E-state index contributed by atoms with van der Waals surface area (Å²) in [6, 6.07) is 0. The van der Waals surface area contributed by atoms with Crippen molar-refractivity contribution in [2.24, 2.45) is 0 Å². The van der Waals surface area contributed by atoms with Crippen LogP contribution in [0.25, 0.3) is 0 Å². The monoisotopic (exact) mass is 238 g/mol. The van der Waals surface area contributed by atoms with Gasteiger partial charge in [0.05, 0.1) is 0 Å². The fraction of sp³-hybridized carbons (Fsp3) is 0.667. The van der Waals surface area contributed by atoms with Crippen molar-refractivity contribution in [1.29, 1.82) is 0 Å². The van der Waals surface area contributed by atoms with Crippen LogP contribution >= 0.6 is 7.60 Å². The van der Waals surface area contributed by atoms with Crippen molar-refractivity contribution < 1.29 is 22.8 Å². The number of hydrogen-bond donors (Lipinski definition) is 0. The summed E-state index contributed by atoms with van der Waals surface area (Å²) in [5.74, 6) is -1.73. The van der Waals surface area contributed by atoms with E-state index in [1.54, 1.807) is 0 Å². The number of carbonyl (C=O) groups is 1. The van der Waals surface area contributed by atoms with Gasteiger partial charge in [-0.2, -0.15) is 0 Å². The molecule has 0 rings (SSSR count). The Morgan fingerprint density at radius 1 is 1.40 bits per heavy atom. The van der Waals surface area contributed by atoms with Crippen molar-refractivity contribution in [3.8, 4) is 0 Å². The van der Waals surface area contributed by atoms with Crippen LogP contribution in [0, 0.1) is 0 Å². The van der Waals surface area contributed by atoms with E-state index in [0.717, 1.165) is 20.6 Å². The summed E-state index contributed by atoms with van der Waals surface area (Å²) in [7, 11) is -1.14. The van der Waals surface area contributed by atoms with E-state index >= 15 is 0 Å². The second kappa shape index (κ2) is 6.88. The Labute approximate surface area is 89.0 Å². The summed E-state index contributed by atoms with van der Waals surface area (Å²) >= 11 is 0. The maximum atomic E-state index is 13.1. The molecule has 0 heterocycles. The summed E-state index contributed by atoms with van der Waals surface area (Å²) in [4.78, 5) is 11.2. The Morgan fingerprint density at radius 2 is 1.93 bits per heavy atom. The maximum Gasteiger partial charge on any atom is 0.337 e. The van der Waals surface area contributed by atoms with Crippen LogP contribution in [0.15, 0.2) is 11.9 Å². The number of ketones is 1. The van der Waals surface area contributed by atoms with Gasteiger partial charge in [-0.15, -0.1) is 0 Å². The predicted octanol–water partition coefficient (Wildman–Crippen LogP) is 2.69. The minimum Gasteiger partial charge on any atom is -0.312 e. The first kappa shape index (κ1) is 14.5. The molecule has 0 saturated heterocycles. The van der Waals surface area contributed by atoms with E-state index in [0.29, 0.717) is 6.42 Å². The van der Waals surface area contributed by atoms with E-state index in [9.17, 15) is 13.8 Å². The third kappa shape index (κ3) is 5.21. The van der Waals surface area contributed by atoms with Gasteiger partial charge in [0.15, 0.2) is 5.83 Å². The third-order valence-electron chi connectivity index (χ3n) is 1.77. The molecule has 0 aliphatic heterocycles. The molecule has 0 aromatic heterocycles. The van der Waals surface area contributed by atoms with Crippen molar-refractivity contribution in [3.63, 3.8) is 0 Å². The first-order chi connectivity index (χ1) is 6.99. The molecule has 4 nitrogen and oxygen atoms in total. The molecular formula is C9H16FO4P. The molecule has 0 unspecified atom stereocenters. The Bertz CT molecular complexity index is 280. The van der Waals surface area contributed by atoms with Crippen LogP contribution in [-0.4, -0.2) is 26.2 Å². The molecule has 0 aromatic carbocycles. The lowest BCUT2D eigenvalue weighted by atomic mass is 10.2. The minimum atomic E-state index is -3.45. The first-order valence-corrected chi connectivity index (χ1v) is 6.31. The highest BCUT2D eigenvalue weighted by Gasteiger charge is 2.27. The molecule has 15 heavy (non-hydrogen) atoms. The van der Waals surface area contributed by atoms with E-state index in [-0.39, 0.29) is 0 Å². The van der Waals surface area contributed by atoms with Crippen molar-refractivity contribution in [3.05, 3.63) is 11.9 Å². The Balaban J connectivity index is 4.42. The zero-order chi connectivity index (χ0) is 11.9. The normalized spacial score (nSPS) is 12.9. The Morgan fingerprint density at radius 3 is 2.33 bits per heavy atom. The molecule has 0 saturated carbocycles. The molecule has 0 aliphatic rings. The topological polar surface area (TPSA) is 52.6 Å². The number of rotatable bonds is 7. The predicted molar refractivity (Wildman–Crippen MR) is 55.6 cm³/mol. The number of halogens is 1. The maximum absolute atomic E-state index is 13.1. The third-order valence-corrected chi connectivity index (χ3v) is 3.56. The van der Waals surface area contributed by atoms with Crippen molar-refractivity contribution in [2.75, 3.05) is 20.4 Å². The number of Topliss-reactive ketones (excluding diaryl/α,β-unsaturated/α-hetero) is 1. The lowest BCUT2D eigenvalue weighted by Crippen LogP contribution is -2.08.